The van der Waals surface area contributed by atoms with E-state index in [1.165, 1.54) is 15.3 Å². The number of benzene rings is 2. The number of sulfonamides is 1. The van der Waals surface area contributed by atoms with Gasteiger partial charge in [0.1, 0.15) is 0 Å². The molecule has 2 aromatic carbocycles. The number of hydrogen-bond donors (Lipinski definition) is 0. The SMILES string of the molecule is O=C(/C=C/c1cccc2cccnc12)OCC(=O)N1CCN(S(=O)(=O)c2ccccc2)CC1. The average molecular weight is 466 g/mol. The molecule has 0 atom stereocenters. The van der Waals surface area contributed by atoms with Gasteiger partial charge in [0.25, 0.3) is 5.91 Å². The van der Waals surface area contributed by atoms with Gasteiger partial charge < -0.3 is 9.64 Å². The minimum atomic E-state index is -3.59. The zero-order chi connectivity index (χ0) is 23.3. The second-order valence-corrected chi connectivity index (χ2v) is 9.40. The van der Waals surface area contributed by atoms with Gasteiger partial charge in [-0.3, -0.25) is 9.78 Å². The van der Waals surface area contributed by atoms with Crippen LogP contribution in [-0.4, -0.2) is 67.3 Å². The van der Waals surface area contributed by atoms with Crippen molar-refractivity contribution in [1.29, 1.82) is 0 Å². The van der Waals surface area contributed by atoms with Crippen LogP contribution < -0.4 is 0 Å². The van der Waals surface area contributed by atoms with E-state index in [-0.39, 0.29) is 37.0 Å². The fourth-order valence-electron chi connectivity index (χ4n) is 3.61. The van der Waals surface area contributed by atoms with Crippen LogP contribution in [0.5, 0.6) is 0 Å². The number of rotatable bonds is 6. The summed E-state index contributed by atoms with van der Waals surface area (Å²) in [7, 11) is -3.59. The Morgan fingerprint density at radius 1 is 0.939 bits per heavy atom. The number of nitrogens with zero attached hydrogens (tertiary/aromatic N) is 3. The Balaban J connectivity index is 1.28. The Labute approximate surface area is 192 Å². The standard InChI is InChI=1S/C24H23N3O5S/c28-22(26-14-16-27(17-15-26)33(30,31)21-9-2-1-3-10-21)18-32-23(29)12-11-20-7-4-6-19-8-5-13-25-24(19)20/h1-13H,14-18H2/b12-11+. The molecule has 3 aromatic rings. The van der Waals surface area contributed by atoms with E-state index in [0.29, 0.717) is 0 Å². The summed E-state index contributed by atoms with van der Waals surface area (Å²) in [5.41, 5.74) is 1.54. The third kappa shape index (κ3) is 5.27. The molecule has 4 rings (SSSR count). The van der Waals surface area contributed by atoms with Crippen molar-refractivity contribution in [2.75, 3.05) is 32.8 Å². The van der Waals surface area contributed by atoms with Crippen LogP contribution >= 0.6 is 0 Å². The number of amides is 1. The monoisotopic (exact) mass is 465 g/mol. The molecule has 1 fully saturated rings. The van der Waals surface area contributed by atoms with Crippen molar-refractivity contribution in [3.05, 3.63) is 78.5 Å². The van der Waals surface area contributed by atoms with Crippen LogP contribution in [-0.2, 0) is 24.3 Å². The second-order valence-electron chi connectivity index (χ2n) is 7.46. The Bertz CT molecular complexity index is 1280. The maximum absolute atomic E-state index is 12.7. The molecule has 1 saturated heterocycles. The number of carbonyl (C=O) groups excluding carboxylic acids is 2. The first kappa shape index (κ1) is 22.6. The largest absolute Gasteiger partial charge is 0.452 e. The Morgan fingerprint density at radius 2 is 1.67 bits per heavy atom. The summed E-state index contributed by atoms with van der Waals surface area (Å²) in [5, 5.41) is 0.955. The number of para-hydroxylation sites is 1. The van der Waals surface area contributed by atoms with Crippen LogP contribution in [0.2, 0.25) is 0 Å². The molecular formula is C24H23N3O5S. The molecule has 33 heavy (non-hydrogen) atoms. The molecule has 8 nitrogen and oxygen atoms in total. The highest BCUT2D eigenvalue weighted by Crippen LogP contribution is 2.18. The summed E-state index contributed by atoms with van der Waals surface area (Å²) in [5.74, 6) is -0.998. The van der Waals surface area contributed by atoms with E-state index in [9.17, 15) is 18.0 Å². The molecule has 0 bridgehead atoms. The first-order valence-electron chi connectivity index (χ1n) is 10.5. The Hall–Kier alpha value is -3.56. The molecule has 0 N–H and O–H groups in total. The smallest absolute Gasteiger partial charge is 0.331 e. The number of piperazine rings is 1. The van der Waals surface area contributed by atoms with E-state index in [4.69, 9.17) is 4.74 Å². The summed E-state index contributed by atoms with van der Waals surface area (Å²) < 4.78 is 31.8. The summed E-state index contributed by atoms with van der Waals surface area (Å²) in [6.07, 6.45) is 4.55. The van der Waals surface area contributed by atoms with Crippen LogP contribution in [0.25, 0.3) is 17.0 Å². The van der Waals surface area contributed by atoms with Gasteiger partial charge in [-0.2, -0.15) is 4.31 Å². The van der Waals surface area contributed by atoms with Gasteiger partial charge >= 0.3 is 5.97 Å². The lowest BCUT2D eigenvalue weighted by molar-refractivity contribution is -0.148. The topological polar surface area (TPSA) is 96.9 Å². The molecule has 0 spiro atoms. The lowest BCUT2D eigenvalue weighted by Gasteiger charge is -2.33. The number of hydrogen-bond acceptors (Lipinski definition) is 6. The summed E-state index contributed by atoms with van der Waals surface area (Å²) in [4.78, 5) is 30.6. The third-order valence-electron chi connectivity index (χ3n) is 5.37. The Kier molecular flexibility index (Phi) is 6.81. The number of carbonyl (C=O) groups is 2. The van der Waals surface area contributed by atoms with E-state index in [2.05, 4.69) is 4.98 Å². The van der Waals surface area contributed by atoms with Crippen molar-refractivity contribution < 1.29 is 22.7 Å². The normalized spacial score (nSPS) is 15.1. The fourth-order valence-corrected chi connectivity index (χ4v) is 5.06. The van der Waals surface area contributed by atoms with Crippen molar-refractivity contribution in [2.45, 2.75) is 4.90 Å². The molecule has 0 saturated carbocycles. The summed E-state index contributed by atoms with van der Waals surface area (Å²) in [6.45, 7) is 0.443. The van der Waals surface area contributed by atoms with Crippen molar-refractivity contribution in [1.82, 2.24) is 14.2 Å². The van der Waals surface area contributed by atoms with E-state index >= 15 is 0 Å². The number of pyridine rings is 1. The van der Waals surface area contributed by atoms with E-state index in [1.807, 2.05) is 30.3 Å². The third-order valence-corrected chi connectivity index (χ3v) is 7.29. The molecule has 0 radical (unpaired) electrons. The van der Waals surface area contributed by atoms with Crippen LogP contribution in [0.15, 0.2) is 77.8 Å². The fraction of sp³-hybridized carbons (Fsp3) is 0.208. The highest BCUT2D eigenvalue weighted by molar-refractivity contribution is 7.89. The quantitative estimate of drug-likeness (QED) is 0.410. The van der Waals surface area contributed by atoms with E-state index in [0.717, 1.165) is 16.5 Å². The second kappa shape index (κ2) is 9.93. The van der Waals surface area contributed by atoms with Crippen LogP contribution in [0.1, 0.15) is 5.56 Å². The highest BCUT2D eigenvalue weighted by atomic mass is 32.2. The molecule has 2 heterocycles. The van der Waals surface area contributed by atoms with Crippen LogP contribution in [0.3, 0.4) is 0 Å². The molecule has 170 valence electrons. The van der Waals surface area contributed by atoms with Crippen molar-refractivity contribution >= 4 is 38.9 Å². The highest BCUT2D eigenvalue weighted by Gasteiger charge is 2.30. The van der Waals surface area contributed by atoms with Gasteiger partial charge in [0, 0.05) is 49.4 Å². The predicted octanol–water partition coefficient (Wildman–Crippen LogP) is 2.32. The average Bonchev–Trinajstić information content (AvgIpc) is 2.86. The maximum atomic E-state index is 12.7. The molecule has 1 aliphatic rings. The molecule has 1 amide bonds. The van der Waals surface area contributed by atoms with Crippen molar-refractivity contribution in [2.24, 2.45) is 0 Å². The van der Waals surface area contributed by atoms with Gasteiger partial charge in [0.2, 0.25) is 10.0 Å². The molecule has 1 aromatic heterocycles. The Morgan fingerprint density at radius 3 is 2.42 bits per heavy atom. The molecule has 0 aliphatic carbocycles. The van der Waals surface area contributed by atoms with Crippen LogP contribution in [0.4, 0.5) is 0 Å². The first-order valence-corrected chi connectivity index (χ1v) is 11.9. The predicted molar refractivity (Wildman–Crippen MR) is 124 cm³/mol. The van der Waals surface area contributed by atoms with Crippen LogP contribution in [0, 0.1) is 0 Å². The lowest BCUT2D eigenvalue weighted by Crippen LogP contribution is -2.51. The zero-order valence-corrected chi connectivity index (χ0v) is 18.6. The van der Waals surface area contributed by atoms with Gasteiger partial charge in [-0.25, -0.2) is 13.2 Å². The van der Waals surface area contributed by atoms with Crippen molar-refractivity contribution in [3.8, 4) is 0 Å². The van der Waals surface area contributed by atoms with Gasteiger partial charge in [-0.05, 0) is 24.3 Å². The van der Waals surface area contributed by atoms with Gasteiger partial charge in [-0.1, -0.05) is 42.5 Å². The van der Waals surface area contributed by atoms with Crippen molar-refractivity contribution in [3.63, 3.8) is 0 Å². The molecular weight excluding hydrogens is 442 g/mol. The lowest BCUT2D eigenvalue weighted by atomic mass is 10.1. The summed E-state index contributed by atoms with van der Waals surface area (Å²) in [6, 6.07) is 17.6. The first-order chi connectivity index (χ1) is 15.9. The number of ether oxygens (including phenoxy) is 1. The minimum Gasteiger partial charge on any atom is -0.452 e. The van der Waals surface area contributed by atoms with Gasteiger partial charge in [0.15, 0.2) is 6.61 Å². The zero-order valence-electron chi connectivity index (χ0n) is 17.8. The minimum absolute atomic E-state index is 0.185. The molecule has 1 aliphatic heterocycles. The van der Waals surface area contributed by atoms with Gasteiger partial charge in [0.05, 0.1) is 10.4 Å². The molecule has 9 heteroatoms. The number of aromatic nitrogens is 1. The molecule has 0 unspecified atom stereocenters. The van der Waals surface area contributed by atoms with E-state index in [1.54, 1.807) is 42.6 Å². The van der Waals surface area contributed by atoms with Gasteiger partial charge in [-0.15, -0.1) is 0 Å². The maximum Gasteiger partial charge on any atom is 0.331 e. The summed E-state index contributed by atoms with van der Waals surface area (Å²) >= 11 is 0. The number of esters is 1. The van der Waals surface area contributed by atoms with E-state index < -0.39 is 22.6 Å². The number of fused-ring (bicyclic) bond motifs is 1.